The highest BCUT2D eigenvalue weighted by atomic mass is 16.5. The lowest BCUT2D eigenvalue weighted by Crippen LogP contribution is -2.14. The maximum absolute atomic E-state index is 5.41. The fourth-order valence-electron chi connectivity index (χ4n) is 2.08. The number of nitrogens with one attached hydrogen (secondary N) is 1. The molecule has 1 aromatic carbocycles. The van der Waals surface area contributed by atoms with E-state index in [1.54, 1.807) is 20.4 Å². The van der Waals surface area contributed by atoms with Crippen molar-refractivity contribution >= 4 is 11.5 Å². The van der Waals surface area contributed by atoms with Gasteiger partial charge < -0.3 is 19.7 Å². The van der Waals surface area contributed by atoms with Gasteiger partial charge in [0.05, 0.1) is 19.9 Å². The van der Waals surface area contributed by atoms with Crippen LogP contribution in [0.15, 0.2) is 36.5 Å². The number of hydrogen-bond acceptors (Lipinski definition) is 5. The Morgan fingerprint density at radius 1 is 1.14 bits per heavy atom. The first-order valence-corrected chi connectivity index (χ1v) is 6.73. The molecule has 5 heteroatoms. The fourth-order valence-corrected chi connectivity index (χ4v) is 2.08. The Labute approximate surface area is 125 Å². The summed E-state index contributed by atoms with van der Waals surface area (Å²) >= 11 is 0. The number of anilines is 2. The highest BCUT2D eigenvalue weighted by molar-refractivity contribution is 5.65. The van der Waals surface area contributed by atoms with Crippen LogP contribution in [0, 0.1) is 0 Å². The zero-order chi connectivity index (χ0) is 15.2. The minimum atomic E-state index is 0.652. The van der Waals surface area contributed by atoms with Crippen molar-refractivity contribution in [3.8, 4) is 11.5 Å². The Morgan fingerprint density at radius 2 is 1.95 bits per heavy atom. The minimum absolute atomic E-state index is 0.652. The van der Waals surface area contributed by atoms with Gasteiger partial charge in [0, 0.05) is 38.5 Å². The molecule has 1 N–H and O–H groups in total. The molecule has 0 spiro atoms. The number of hydrogen-bond donors (Lipinski definition) is 1. The van der Waals surface area contributed by atoms with E-state index < -0.39 is 0 Å². The largest absolute Gasteiger partial charge is 0.497 e. The van der Waals surface area contributed by atoms with Gasteiger partial charge in [-0.2, -0.15) is 0 Å². The van der Waals surface area contributed by atoms with E-state index >= 15 is 0 Å². The van der Waals surface area contributed by atoms with E-state index in [1.807, 2.05) is 49.3 Å². The van der Waals surface area contributed by atoms with Gasteiger partial charge in [0.15, 0.2) is 5.82 Å². The summed E-state index contributed by atoms with van der Waals surface area (Å²) in [6, 6.07) is 9.73. The molecule has 1 heterocycles. The molecule has 1 aromatic heterocycles. The van der Waals surface area contributed by atoms with Crippen molar-refractivity contribution < 1.29 is 9.47 Å². The van der Waals surface area contributed by atoms with E-state index in [9.17, 15) is 0 Å². The van der Waals surface area contributed by atoms with Crippen LogP contribution in [0.1, 0.15) is 5.56 Å². The Kier molecular flexibility index (Phi) is 4.87. The molecule has 2 rings (SSSR count). The maximum atomic E-state index is 5.41. The quantitative estimate of drug-likeness (QED) is 0.885. The van der Waals surface area contributed by atoms with Crippen LogP contribution in [-0.2, 0) is 6.54 Å². The van der Waals surface area contributed by atoms with Crippen molar-refractivity contribution in [3.05, 3.63) is 42.1 Å². The summed E-state index contributed by atoms with van der Waals surface area (Å²) in [4.78, 5) is 6.35. The molecule has 0 unspecified atom stereocenters. The Hall–Kier alpha value is -2.43. The van der Waals surface area contributed by atoms with Crippen LogP contribution >= 0.6 is 0 Å². The predicted octanol–water partition coefficient (Wildman–Crippen LogP) is 2.78. The van der Waals surface area contributed by atoms with Gasteiger partial charge in [0.2, 0.25) is 0 Å². The summed E-state index contributed by atoms with van der Waals surface area (Å²) in [6.45, 7) is 0.652. The first kappa shape index (κ1) is 15.0. The Morgan fingerprint density at radius 3 is 2.62 bits per heavy atom. The summed E-state index contributed by atoms with van der Waals surface area (Å²) in [6.07, 6.45) is 1.79. The second kappa shape index (κ2) is 6.83. The lowest BCUT2D eigenvalue weighted by atomic mass is 10.2. The molecule has 2 aromatic rings. The molecule has 0 aliphatic carbocycles. The number of rotatable bonds is 6. The maximum Gasteiger partial charge on any atom is 0.151 e. The van der Waals surface area contributed by atoms with Crippen molar-refractivity contribution in [1.82, 2.24) is 4.98 Å². The number of methoxy groups -OCH3 is 2. The molecule has 0 aliphatic heterocycles. The zero-order valence-electron chi connectivity index (χ0n) is 12.9. The molecule has 112 valence electrons. The summed E-state index contributed by atoms with van der Waals surface area (Å²) in [5.74, 6) is 2.49. The molecule has 0 saturated carbocycles. The van der Waals surface area contributed by atoms with Crippen LogP contribution < -0.4 is 19.7 Å². The van der Waals surface area contributed by atoms with Gasteiger partial charge in [-0.25, -0.2) is 4.98 Å². The molecule has 0 bridgehead atoms. The smallest absolute Gasteiger partial charge is 0.151 e. The van der Waals surface area contributed by atoms with E-state index in [-0.39, 0.29) is 0 Å². The van der Waals surface area contributed by atoms with Crippen molar-refractivity contribution in [2.75, 3.05) is 38.5 Å². The molecule has 21 heavy (non-hydrogen) atoms. The van der Waals surface area contributed by atoms with Gasteiger partial charge >= 0.3 is 0 Å². The van der Waals surface area contributed by atoms with E-state index in [0.29, 0.717) is 6.54 Å². The third kappa shape index (κ3) is 3.56. The van der Waals surface area contributed by atoms with Gasteiger partial charge in [-0.1, -0.05) is 0 Å². The third-order valence-corrected chi connectivity index (χ3v) is 3.17. The number of pyridine rings is 1. The van der Waals surface area contributed by atoms with E-state index in [0.717, 1.165) is 28.6 Å². The summed E-state index contributed by atoms with van der Waals surface area (Å²) in [5.41, 5.74) is 2.05. The lowest BCUT2D eigenvalue weighted by Gasteiger charge is -2.17. The third-order valence-electron chi connectivity index (χ3n) is 3.17. The Balaban J connectivity index is 2.17. The molecule has 0 amide bonds. The van der Waals surface area contributed by atoms with Crippen LogP contribution in [0.25, 0.3) is 0 Å². The summed E-state index contributed by atoms with van der Waals surface area (Å²) < 4.78 is 10.6. The lowest BCUT2D eigenvalue weighted by molar-refractivity contribution is 0.391. The number of aromatic nitrogens is 1. The fraction of sp³-hybridized carbons (Fsp3) is 0.312. The van der Waals surface area contributed by atoms with Crippen LogP contribution in [0.2, 0.25) is 0 Å². The first-order chi connectivity index (χ1) is 10.2. The van der Waals surface area contributed by atoms with Crippen molar-refractivity contribution in [2.24, 2.45) is 0 Å². The summed E-state index contributed by atoms with van der Waals surface area (Å²) in [5, 5.41) is 3.40. The number of benzene rings is 1. The molecule has 0 saturated heterocycles. The summed E-state index contributed by atoms with van der Waals surface area (Å²) in [7, 11) is 7.25. The van der Waals surface area contributed by atoms with Gasteiger partial charge in [0.1, 0.15) is 11.5 Å². The van der Waals surface area contributed by atoms with Gasteiger partial charge in [0.25, 0.3) is 0 Å². The van der Waals surface area contributed by atoms with Crippen molar-refractivity contribution in [2.45, 2.75) is 6.54 Å². The van der Waals surface area contributed by atoms with E-state index in [2.05, 4.69) is 10.3 Å². The minimum Gasteiger partial charge on any atom is -0.497 e. The standard InChI is InChI=1S/C16H21N3O2/c1-19(2)16-14(6-5-9-17-16)18-11-12-7-8-13(20-3)10-15(12)21-4/h5-10,18H,11H2,1-4H3. The predicted molar refractivity (Wildman–Crippen MR) is 85.4 cm³/mol. The SMILES string of the molecule is COc1ccc(CNc2cccnc2N(C)C)c(OC)c1. The molecule has 0 radical (unpaired) electrons. The number of nitrogens with zero attached hydrogens (tertiary/aromatic N) is 2. The molecular formula is C16H21N3O2. The molecular weight excluding hydrogens is 266 g/mol. The van der Waals surface area contributed by atoms with Crippen LogP contribution in [0.4, 0.5) is 11.5 Å². The zero-order valence-corrected chi connectivity index (χ0v) is 12.9. The van der Waals surface area contributed by atoms with Crippen LogP contribution in [0.5, 0.6) is 11.5 Å². The molecule has 0 atom stereocenters. The molecule has 5 nitrogen and oxygen atoms in total. The second-order valence-corrected chi connectivity index (χ2v) is 4.80. The average Bonchev–Trinajstić information content (AvgIpc) is 2.52. The van der Waals surface area contributed by atoms with Gasteiger partial charge in [-0.3, -0.25) is 0 Å². The van der Waals surface area contributed by atoms with Crippen LogP contribution in [0.3, 0.4) is 0 Å². The molecule has 0 aliphatic rings. The van der Waals surface area contributed by atoms with E-state index in [1.165, 1.54) is 0 Å². The second-order valence-electron chi connectivity index (χ2n) is 4.80. The number of ether oxygens (including phenoxy) is 2. The monoisotopic (exact) mass is 287 g/mol. The normalized spacial score (nSPS) is 10.1. The van der Waals surface area contributed by atoms with Crippen molar-refractivity contribution in [1.29, 1.82) is 0 Å². The highest BCUT2D eigenvalue weighted by Crippen LogP contribution is 2.27. The van der Waals surface area contributed by atoms with Gasteiger partial charge in [-0.15, -0.1) is 0 Å². The van der Waals surface area contributed by atoms with Crippen LogP contribution in [-0.4, -0.2) is 33.3 Å². The highest BCUT2D eigenvalue weighted by Gasteiger charge is 2.08. The van der Waals surface area contributed by atoms with Gasteiger partial charge in [-0.05, 0) is 24.3 Å². The topological polar surface area (TPSA) is 46.6 Å². The van der Waals surface area contributed by atoms with E-state index in [4.69, 9.17) is 9.47 Å². The average molecular weight is 287 g/mol. The molecule has 0 fully saturated rings. The first-order valence-electron chi connectivity index (χ1n) is 6.73. The Bertz CT molecular complexity index is 600. The van der Waals surface area contributed by atoms with Crippen molar-refractivity contribution in [3.63, 3.8) is 0 Å².